The molecule has 134 valence electrons. The van der Waals surface area contributed by atoms with Crippen molar-refractivity contribution in [3.8, 4) is 0 Å². The molecule has 0 amide bonds. The minimum absolute atomic E-state index is 0.455. The largest absolute Gasteiger partial charge is 0.384 e. The Morgan fingerprint density at radius 3 is 2.74 bits per heavy atom. The molecule has 27 heavy (non-hydrogen) atoms. The second-order valence-corrected chi connectivity index (χ2v) is 6.54. The number of hydrogen-bond acceptors (Lipinski definition) is 7. The van der Waals surface area contributed by atoms with Crippen LogP contribution in [0.25, 0.3) is 11.0 Å². The van der Waals surface area contributed by atoms with Gasteiger partial charge in [-0.25, -0.2) is 9.67 Å². The Kier molecular flexibility index (Phi) is 3.61. The van der Waals surface area contributed by atoms with E-state index in [0.717, 1.165) is 28.7 Å². The highest BCUT2D eigenvalue weighted by Crippen LogP contribution is 2.29. The lowest BCUT2D eigenvalue weighted by atomic mass is 10.0. The van der Waals surface area contributed by atoms with Gasteiger partial charge in [-0.05, 0) is 35.7 Å². The molecule has 8 nitrogen and oxygen atoms in total. The van der Waals surface area contributed by atoms with E-state index in [1.165, 1.54) is 11.1 Å². The highest BCUT2D eigenvalue weighted by molar-refractivity contribution is 5.77. The number of nitrogens with one attached hydrogen (secondary N) is 3. The van der Waals surface area contributed by atoms with Crippen LogP contribution < -0.4 is 22.1 Å². The lowest BCUT2D eigenvalue weighted by molar-refractivity contribution is 0.670. The quantitative estimate of drug-likeness (QED) is 0.443. The number of nitrogen functional groups attached to an aromatic ring is 1. The van der Waals surface area contributed by atoms with Crippen LogP contribution in [0.3, 0.4) is 0 Å². The summed E-state index contributed by atoms with van der Waals surface area (Å²) in [4.78, 5) is 4.25. The van der Waals surface area contributed by atoms with Crippen molar-refractivity contribution in [2.75, 3.05) is 16.6 Å². The molecule has 3 heterocycles. The first-order valence-corrected chi connectivity index (χ1v) is 8.69. The average Bonchev–Trinajstić information content (AvgIpc) is 3.29. The molecule has 0 saturated carbocycles. The number of rotatable bonds is 4. The zero-order valence-corrected chi connectivity index (χ0v) is 14.5. The Balaban J connectivity index is 1.46. The van der Waals surface area contributed by atoms with Gasteiger partial charge in [-0.1, -0.05) is 41.6 Å². The summed E-state index contributed by atoms with van der Waals surface area (Å²) in [6.07, 6.45) is 0.874. The molecule has 4 aromatic rings. The summed E-state index contributed by atoms with van der Waals surface area (Å²) in [6, 6.07) is 18.5. The Labute approximate surface area is 155 Å². The summed E-state index contributed by atoms with van der Waals surface area (Å²) >= 11 is 0. The van der Waals surface area contributed by atoms with Gasteiger partial charge in [-0.3, -0.25) is 10.9 Å². The van der Waals surface area contributed by atoms with Gasteiger partial charge < -0.3 is 5.73 Å². The average molecular weight is 358 g/mol. The van der Waals surface area contributed by atoms with E-state index in [-0.39, 0.29) is 0 Å². The molecular weight excluding hydrogens is 340 g/mol. The third-order valence-electron chi connectivity index (χ3n) is 4.64. The fourth-order valence-corrected chi connectivity index (χ4v) is 3.37. The molecule has 8 heteroatoms. The molecule has 2 aromatic heterocycles. The standard InChI is InChI=1S/C19H18N8/c20-17-10-14(18-19(21-17)24-25-23-18)11-27-16-7-6-13(9-15(16)22-26-27)8-12-4-2-1-3-5-12/h1-7,9-10,23,25H,8,11H2,(H3,20,21,24). The van der Waals surface area contributed by atoms with E-state index in [9.17, 15) is 0 Å². The lowest BCUT2D eigenvalue weighted by Crippen LogP contribution is -2.20. The first-order chi connectivity index (χ1) is 13.3. The minimum Gasteiger partial charge on any atom is -0.384 e. The lowest BCUT2D eigenvalue weighted by Gasteiger charge is -2.08. The van der Waals surface area contributed by atoms with Gasteiger partial charge in [0.25, 0.3) is 0 Å². The Hall–Kier alpha value is -3.65. The van der Waals surface area contributed by atoms with Crippen molar-refractivity contribution in [3.05, 3.63) is 71.3 Å². The highest BCUT2D eigenvalue weighted by Gasteiger charge is 2.18. The fraction of sp³-hybridized carbons (Fsp3) is 0.105. The summed E-state index contributed by atoms with van der Waals surface area (Å²) in [5.74, 6) is 1.14. The van der Waals surface area contributed by atoms with Crippen molar-refractivity contribution in [2.45, 2.75) is 13.0 Å². The number of nitrogens with two attached hydrogens (primary N) is 1. The van der Waals surface area contributed by atoms with Crippen molar-refractivity contribution in [1.82, 2.24) is 25.5 Å². The van der Waals surface area contributed by atoms with Gasteiger partial charge in [-0.15, -0.1) is 10.6 Å². The van der Waals surface area contributed by atoms with Gasteiger partial charge in [0.05, 0.1) is 17.7 Å². The second kappa shape index (κ2) is 6.26. The SMILES string of the molecule is Nc1cc(Cn2nnc3cc(Cc4ccccc4)ccc32)c2c(n1)NNN2. The molecule has 5 N–H and O–H groups in total. The summed E-state index contributed by atoms with van der Waals surface area (Å²) in [5, 5.41) is 8.68. The Morgan fingerprint density at radius 2 is 1.85 bits per heavy atom. The van der Waals surface area contributed by atoms with E-state index >= 15 is 0 Å². The smallest absolute Gasteiger partial charge is 0.169 e. The normalized spacial score (nSPS) is 12.6. The predicted molar refractivity (Wildman–Crippen MR) is 105 cm³/mol. The van der Waals surface area contributed by atoms with E-state index in [2.05, 4.69) is 74.1 Å². The molecular formula is C19H18N8. The Bertz CT molecular complexity index is 1120. The van der Waals surface area contributed by atoms with Gasteiger partial charge in [0, 0.05) is 5.56 Å². The summed E-state index contributed by atoms with van der Waals surface area (Å²) in [5.41, 5.74) is 20.9. The van der Waals surface area contributed by atoms with Crippen LogP contribution in [0.15, 0.2) is 54.6 Å². The highest BCUT2D eigenvalue weighted by atomic mass is 15.6. The van der Waals surface area contributed by atoms with E-state index in [4.69, 9.17) is 5.73 Å². The van der Waals surface area contributed by atoms with Crippen LogP contribution in [-0.2, 0) is 13.0 Å². The van der Waals surface area contributed by atoms with E-state index in [0.29, 0.717) is 18.2 Å². The number of nitrogens with zero attached hydrogens (tertiary/aromatic N) is 4. The topological polar surface area (TPSA) is 106 Å². The van der Waals surface area contributed by atoms with Crippen LogP contribution in [0, 0.1) is 0 Å². The van der Waals surface area contributed by atoms with Crippen molar-refractivity contribution in [2.24, 2.45) is 0 Å². The maximum atomic E-state index is 5.91. The summed E-state index contributed by atoms with van der Waals surface area (Å²) < 4.78 is 1.87. The number of anilines is 3. The molecule has 0 aliphatic carbocycles. The van der Waals surface area contributed by atoms with Crippen LogP contribution >= 0.6 is 0 Å². The number of aromatic nitrogens is 4. The number of pyridine rings is 1. The molecule has 5 rings (SSSR count). The molecule has 0 spiro atoms. The summed E-state index contributed by atoms with van der Waals surface area (Å²) in [6.45, 7) is 0.542. The molecule has 0 bridgehead atoms. The van der Waals surface area contributed by atoms with Crippen LogP contribution in [0.2, 0.25) is 0 Å². The predicted octanol–water partition coefficient (Wildman–Crippen LogP) is 2.30. The van der Waals surface area contributed by atoms with Gasteiger partial charge >= 0.3 is 0 Å². The van der Waals surface area contributed by atoms with Gasteiger partial charge in [-0.2, -0.15) is 0 Å². The van der Waals surface area contributed by atoms with Gasteiger partial charge in [0.2, 0.25) is 0 Å². The van der Waals surface area contributed by atoms with Gasteiger partial charge in [0.1, 0.15) is 11.3 Å². The van der Waals surface area contributed by atoms with Crippen molar-refractivity contribution in [1.29, 1.82) is 0 Å². The molecule has 1 aliphatic rings. The second-order valence-electron chi connectivity index (χ2n) is 6.54. The van der Waals surface area contributed by atoms with Crippen molar-refractivity contribution in [3.63, 3.8) is 0 Å². The number of hydrazine groups is 2. The maximum Gasteiger partial charge on any atom is 0.169 e. The van der Waals surface area contributed by atoms with Crippen LogP contribution in [0.4, 0.5) is 17.3 Å². The number of benzene rings is 2. The van der Waals surface area contributed by atoms with Crippen molar-refractivity contribution < 1.29 is 0 Å². The zero-order chi connectivity index (χ0) is 18.2. The molecule has 1 aliphatic heterocycles. The maximum absolute atomic E-state index is 5.91. The third-order valence-corrected chi connectivity index (χ3v) is 4.64. The third kappa shape index (κ3) is 2.91. The first-order valence-electron chi connectivity index (χ1n) is 8.69. The van der Waals surface area contributed by atoms with E-state index in [1.807, 2.05) is 16.8 Å². The molecule has 0 radical (unpaired) electrons. The zero-order valence-electron chi connectivity index (χ0n) is 14.5. The molecule has 0 unspecified atom stereocenters. The van der Waals surface area contributed by atoms with Crippen molar-refractivity contribution >= 4 is 28.4 Å². The first kappa shape index (κ1) is 15.6. The summed E-state index contributed by atoms with van der Waals surface area (Å²) in [7, 11) is 0. The fourth-order valence-electron chi connectivity index (χ4n) is 3.37. The molecule has 0 atom stereocenters. The van der Waals surface area contributed by atoms with Gasteiger partial charge in [0.15, 0.2) is 5.82 Å². The monoisotopic (exact) mass is 358 g/mol. The van der Waals surface area contributed by atoms with Crippen LogP contribution in [0.1, 0.15) is 16.7 Å². The molecule has 2 aromatic carbocycles. The molecule has 0 fully saturated rings. The Morgan fingerprint density at radius 1 is 0.963 bits per heavy atom. The number of hydrogen-bond donors (Lipinski definition) is 4. The van der Waals surface area contributed by atoms with Crippen LogP contribution in [0.5, 0.6) is 0 Å². The van der Waals surface area contributed by atoms with Crippen LogP contribution in [-0.4, -0.2) is 20.0 Å². The minimum atomic E-state index is 0.455. The number of fused-ring (bicyclic) bond motifs is 2. The van der Waals surface area contributed by atoms with E-state index < -0.39 is 0 Å². The van der Waals surface area contributed by atoms with E-state index in [1.54, 1.807) is 0 Å². The molecule has 0 saturated heterocycles.